The molecular weight excluding hydrogens is 528 g/mol. The summed E-state index contributed by atoms with van der Waals surface area (Å²) >= 11 is 0. The second-order valence-corrected chi connectivity index (χ2v) is 13.0. The monoisotopic (exact) mass is 553 g/mol. The largest absolute Gasteiger partial charge is 0.594 e. The van der Waals surface area contributed by atoms with Gasteiger partial charge in [-0.05, 0) is 48.4 Å². The molecular formula is C26H25F2N7O3S. The Morgan fingerprint density at radius 1 is 1.18 bits per heavy atom. The maximum Gasteiger partial charge on any atom is 0.252 e. The van der Waals surface area contributed by atoms with Crippen molar-refractivity contribution in [1.82, 2.24) is 29.8 Å². The number of rotatable bonds is 6. The minimum atomic E-state index is -3.17. The van der Waals surface area contributed by atoms with Crippen LogP contribution in [0.4, 0.5) is 8.78 Å². The first-order chi connectivity index (χ1) is 18.4. The van der Waals surface area contributed by atoms with E-state index in [1.165, 1.54) is 17.1 Å². The standard InChI is InChI=1S/C26H25F2N7O3S/c1-25(2)16-7-10-26(25,23-15(16)13-19(32-35(23)36)22-17(27)5-4-6-18(22)28)20-8-11-29-24(31-20)34-14-30-21(33-34)9-12-39(3,37)38/h4-6,8,11,13-14,16H,7,9-10,12H2,1-3H3/t16-,26+/m0/s1. The molecule has 0 amide bonds. The van der Waals surface area contributed by atoms with Gasteiger partial charge in [-0.15, -0.1) is 5.10 Å². The second-order valence-electron chi connectivity index (χ2n) is 10.7. The summed E-state index contributed by atoms with van der Waals surface area (Å²) in [6.07, 6.45) is 5.69. The van der Waals surface area contributed by atoms with Gasteiger partial charge < -0.3 is 5.21 Å². The summed E-state index contributed by atoms with van der Waals surface area (Å²) in [5, 5.41) is 21.9. The van der Waals surface area contributed by atoms with Crippen LogP contribution in [-0.4, -0.2) is 50.3 Å². The van der Waals surface area contributed by atoms with Gasteiger partial charge in [-0.25, -0.2) is 32.2 Å². The van der Waals surface area contributed by atoms with Gasteiger partial charge in [-0.3, -0.25) is 0 Å². The average molecular weight is 554 g/mol. The van der Waals surface area contributed by atoms with Crippen molar-refractivity contribution in [2.24, 2.45) is 5.41 Å². The highest BCUT2D eigenvalue weighted by atomic mass is 32.2. The lowest BCUT2D eigenvalue weighted by Gasteiger charge is -2.35. The second kappa shape index (κ2) is 8.57. The van der Waals surface area contributed by atoms with Crippen molar-refractivity contribution in [3.05, 3.63) is 82.5 Å². The number of hydrogen-bond acceptors (Lipinski definition) is 8. The number of aromatic nitrogens is 7. The fourth-order valence-electron chi connectivity index (χ4n) is 6.41. The van der Waals surface area contributed by atoms with Crippen molar-refractivity contribution in [2.45, 2.75) is 44.4 Å². The van der Waals surface area contributed by atoms with Crippen LogP contribution in [0.15, 0.2) is 42.9 Å². The number of nitrogens with zero attached hydrogens (tertiary/aromatic N) is 7. The number of benzene rings is 1. The van der Waals surface area contributed by atoms with Gasteiger partial charge in [0.1, 0.15) is 38.9 Å². The van der Waals surface area contributed by atoms with Gasteiger partial charge in [0.05, 0.1) is 17.0 Å². The van der Waals surface area contributed by atoms with Crippen molar-refractivity contribution < 1.29 is 22.0 Å². The minimum absolute atomic E-state index is 0.0505. The fourth-order valence-corrected chi connectivity index (χ4v) is 6.97. The quantitative estimate of drug-likeness (QED) is 0.263. The zero-order valence-electron chi connectivity index (χ0n) is 21.5. The van der Waals surface area contributed by atoms with Gasteiger partial charge in [-0.2, -0.15) is 4.68 Å². The summed E-state index contributed by atoms with van der Waals surface area (Å²) in [4.78, 5) is 13.8. The molecule has 3 heterocycles. The topological polar surface area (TPSA) is 130 Å². The lowest BCUT2D eigenvalue weighted by molar-refractivity contribution is -0.679. The van der Waals surface area contributed by atoms with E-state index in [9.17, 15) is 22.4 Å². The van der Waals surface area contributed by atoms with Crippen LogP contribution in [0.5, 0.6) is 0 Å². The van der Waals surface area contributed by atoms with Gasteiger partial charge in [-0.1, -0.05) is 24.8 Å². The Kier molecular flexibility index (Phi) is 5.58. The molecule has 202 valence electrons. The van der Waals surface area contributed by atoms with E-state index >= 15 is 0 Å². The Hall–Kier alpha value is -3.87. The van der Waals surface area contributed by atoms with Gasteiger partial charge >= 0.3 is 0 Å². The van der Waals surface area contributed by atoms with E-state index in [1.807, 2.05) is 0 Å². The van der Waals surface area contributed by atoms with E-state index < -0.39 is 32.3 Å². The molecule has 0 unspecified atom stereocenters. The van der Waals surface area contributed by atoms with Crippen LogP contribution < -0.4 is 4.85 Å². The first-order valence-corrected chi connectivity index (χ1v) is 14.5. The van der Waals surface area contributed by atoms with Crippen LogP contribution in [0.2, 0.25) is 0 Å². The molecule has 1 aromatic carbocycles. The average Bonchev–Trinajstić information content (AvgIpc) is 3.50. The number of fused-ring (bicyclic) bond motifs is 5. The maximum absolute atomic E-state index is 14.6. The van der Waals surface area contributed by atoms with Crippen molar-refractivity contribution in [3.8, 4) is 17.2 Å². The molecule has 0 radical (unpaired) electrons. The minimum Gasteiger partial charge on any atom is -0.594 e. The molecule has 4 aromatic rings. The molecule has 10 nitrogen and oxygen atoms in total. The lowest BCUT2D eigenvalue weighted by atomic mass is 9.66. The first kappa shape index (κ1) is 25.4. The molecule has 3 aromatic heterocycles. The SMILES string of the molecule is CC1(C)[C@H]2CC[C@@]1(c1ccnc(-n3cnc(CCS(C)(=O)=O)n3)n1)c1c2cc(-c2c(F)cccc2F)n[n+]1[O-]. The highest BCUT2D eigenvalue weighted by Crippen LogP contribution is 2.69. The molecule has 0 N–H and O–H groups in total. The fraction of sp³-hybridized carbons (Fsp3) is 0.385. The van der Waals surface area contributed by atoms with Crippen LogP contribution in [0.25, 0.3) is 17.2 Å². The van der Waals surface area contributed by atoms with Crippen molar-refractivity contribution in [1.29, 1.82) is 0 Å². The third-order valence-corrected chi connectivity index (χ3v) is 9.20. The summed E-state index contributed by atoms with van der Waals surface area (Å²) in [5.74, 6) is -1.15. The molecule has 13 heteroatoms. The van der Waals surface area contributed by atoms with Gasteiger partial charge in [0, 0.05) is 29.5 Å². The Labute approximate surface area is 223 Å². The van der Waals surface area contributed by atoms with E-state index in [0.29, 0.717) is 34.0 Å². The number of halogens is 2. The summed E-state index contributed by atoms with van der Waals surface area (Å²) in [6, 6.07) is 6.93. The van der Waals surface area contributed by atoms with E-state index in [1.54, 1.807) is 18.3 Å². The van der Waals surface area contributed by atoms with E-state index in [4.69, 9.17) is 4.98 Å². The lowest BCUT2D eigenvalue weighted by Crippen LogP contribution is -2.48. The van der Waals surface area contributed by atoms with Crippen LogP contribution in [0.3, 0.4) is 0 Å². The molecule has 2 bridgehead atoms. The highest BCUT2D eigenvalue weighted by Gasteiger charge is 2.69. The zero-order chi connectivity index (χ0) is 27.7. The Morgan fingerprint density at radius 3 is 2.64 bits per heavy atom. The Bertz CT molecular complexity index is 1720. The Morgan fingerprint density at radius 2 is 1.92 bits per heavy atom. The Balaban J connectivity index is 1.45. The molecule has 1 fully saturated rings. The third kappa shape index (κ3) is 3.81. The molecule has 1 saturated carbocycles. The normalized spacial score (nSPS) is 21.3. The van der Waals surface area contributed by atoms with Gasteiger partial charge in [0.25, 0.3) is 5.95 Å². The van der Waals surface area contributed by atoms with Crippen LogP contribution in [-0.2, 0) is 21.7 Å². The summed E-state index contributed by atoms with van der Waals surface area (Å²) in [6.45, 7) is 4.13. The van der Waals surface area contributed by atoms with Gasteiger partial charge in [0.15, 0.2) is 5.82 Å². The van der Waals surface area contributed by atoms with E-state index in [0.717, 1.165) is 24.8 Å². The molecule has 2 atom stereocenters. The maximum atomic E-state index is 14.6. The van der Waals surface area contributed by atoms with Crippen LogP contribution >= 0.6 is 0 Å². The highest BCUT2D eigenvalue weighted by molar-refractivity contribution is 7.90. The number of hydrogen-bond donors (Lipinski definition) is 0. The molecule has 0 spiro atoms. The van der Waals surface area contributed by atoms with Crippen molar-refractivity contribution in [3.63, 3.8) is 0 Å². The predicted molar refractivity (Wildman–Crippen MR) is 135 cm³/mol. The smallest absolute Gasteiger partial charge is 0.252 e. The third-order valence-electron chi connectivity index (χ3n) is 8.25. The van der Waals surface area contributed by atoms with Crippen molar-refractivity contribution >= 4 is 9.84 Å². The molecule has 39 heavy (non-hydrogen) atoms. The zero-order valence-corrected chi connectivity index (χ0v) is 22.3. The molecule has 6 rings (SSSR count). The number of aryl methyl sites for hydroxylation is 1. The number of sulfone groups is 1. The predicted octanol–water partition coefficient (Wildman–Crippen LogP) is 2.82. The summed E-state index contributed by atoms with van der Waals surface area (Å²) in [5.41, 5.74) is 0.0462. The van der Waals surface area contributed by atoms with Crippen molar-refractivity contribution in [2.75, 3.05) is 12.0 Å². The van der Waals surface area contributed by atoms with Gasteiger partial charge in [0.2, 0.25) is 5.69 Å². The van der Waals surface area contributed by atoms with Crippen LogP contribution in [0.1, 0.15) is 55.4 Å². The first-order valence-electron chi connectivity index (χ1n) is 12.4. The molecule has 2 aliphatic rings. The van der Waals surface area contributed by atoms with E-state index in [-0.39, 0.29) is 35.3 Å². The molecule has 2 aliphatic carbocycles. The van der Waals surface area contributed by atoms with E-state index in [2.05, 4.69) is 34.0 Å². The summed E-state index contributed by atoms with van der Waals surface area (Å²) < 4.78 is 53.5. The summed E-state index contributed by atoms with van der Waals surface area (Å²) in [7, 11) is -3.17. The molecule has 0 aliphatic heterocycles. The van der Waals surface area contributed by atoms with Crippen LogP contribution in [0, 0.1) is 22.3 Å². The molecule has 0 saturated heterocycles.